The van der Waals surface area contributed by atoms with Crippen LogP contribution in [0.3, 0.4) is 0 Å². The topological polar surface area (TPSA) is 12.0 Å². The normalized spacial score (nSPS) is 10.5. The lowest BCUT2D eigenvalue weighted by Crippen LogP contribution is -2.12. The molecule has 1 nitrogen and oxygen atoms in total. The Balaban J connectivity index is 1.85. The largest absolute Gasteiger partial charge is 0.309 e. The van der Waals surface area contributed by atoms with E-state index in [-0.39, 0.29) is 5.82 Å². The van der Waals surface area contributed by atoms with Gasteiger partial charge in [0.25, 0.3) is 0 Å². The molecule has 0 fully saturated rings. The van der Waals surface area contributed by atoms with Crippen LogP contribution in [0.5, 0.6) is 0 Å². The van der Waals surface area contributed by atoms with E-state index in [0.717, 1.165) is 22.7 Å². The van der Waals surface area contributed by atoms with Gasteiger partial charge >= 0.3 is 0 Å². The molecule has 0 saturated heterocycles. The molecule has 0 aliphatic carbocycles. The lowest BCUT2D eigenvalue weighted by Gasteiger charge is -2.05. The van der Waals surface area contributed by atoms with E-state index in [1.807, 2.05) is 30.3 Å². The zero-order valence-corrected chi connectivity index (χ0v) is 10.0. The molecule has 0 atom stereocenters. The molecule has 0 aliphatic rings. The van der Waals surface area contributed by atoms with Crippen LogP contribution in [0.15, 0.2) is 48.5 Å². The Morgan fingerprint density at radius 1 is 0.941 bits per heavy atom. The second-order valence-electron chi connectivity index (χ2n) is 3.86. The van der Waals surface area contributed by atoms with Crippen LogP contribution >= 0.6 is 11.6 Å². The van der Waals surface area contributed by atoms with Crippen LogP contribution in [0, 0.1) is 5.82 Å². The van der Waals surface area contributed by atoms with Crippen LogP contribution < -0.4 is 5.32 Å². The van der Waals surface area contributed by atoms with Crippen LogP contribution in [-0.4, -0.2) is 0 Å². The van der Waals surface area contributed by atoms with Crippen LogP contribution in [0.25, 0.3) is 0 Å². The van der Waals surface area contributed by atoms with Crippen molar-refractivity contribution in [3.63, 3.8) is 0 Å². The van der Waals surface area contributed by atoms with Gasteiger partial charge in [0.1, 0.15) is 5.82 Å². The lowest BCUT2D eigenvalue weighted by molar-refractivity contribution is 0.620. The van der Waals surface area contributed by atoms with Gasteiger partial charge in [0.2, 0.25) is 0 Å². The third kappa shape index (κ3) is 3.84. The molecule has 0 radical (unpaired) electrons. The zero-order chi connectivity index (χ0) is 12.1. The first-order chi connectivity index (χ1) is 8.24. The van der Waals surface area contributed by atoms with Gasteiger partial charge in [0, 0.05) is 18.1 Å². The summed E-state index contributed by atoms with van der Waals surface area (Å²) < 4.78 is 12.9. The Hall–Kier alpha value is -1.38. The Labute approximate surface area is 105 Å². The highest BCUT2D eigenvalue weighted by Gasteiger charge is 1.96. The maximum atomic E-state index is 12.9. The Morgan fingerprint density at radius 3 is 2.35 bits per heavy atom. The highest BCUT2D eigenvalue weighted by Crippen LogP contribution is 2.09. The Kier molecular flexibility index (Phi) is 4.13. The van der Waals surface area contributed by atoms with Gasteiger partial charge in [0.05, 0.1) is 0 Å². The molecule has 88 valence electrons. The van der Waals surface area contributed by atoms with Gasteiger partial charge in [-0.05, 0) is 35.4 Å². The fraction of sp³-hybridized carbons (Fsp3) is 0.143. The summed E-state index contributed by atoms with van der Waals surface area (Å²) in [7, 11) is 0. The molecule has 0 spiro atoms. The summed E-state index contributed by atoms with van der Waals surface area (Å²) in [6, 6.07) is 14.3. The molecule has 0 aliphatic heterocycles. The van der Waals surface area contributed by atoms with Crippen molar-refractivity contribution in [2.45, 2.75) is 13.1 Å². The zero-order valence-electron chi connectivity index (χ0n) is 9.29. The predicted octanol–water partition coefficient (Wildman–Crippen LogP) is 3.77. The molecule has 3 heteroatoms. The van der Waals surface area contributed by atoms with Crippen LogP contribution in [0.2, 0.25) is 5.02 Å². The number of hydrogen-bond donors (Lipinski definition) is 1. The average Bonchev–Trinajstić information content (AvgIpc) is 2.32. The third-order valence-electron chi connectivity index (χ3n) is 2.46. The van der Waals surface area contributed by atoms with Gasteiger partial charge in [-0.2, -0.15) is 0 Å². The molecule has 17 heavy (non-hydrogen) atoms. The van der Waals surface area contributed by atoms with Crippen molar-refractivity contribution in [3.8, 4) is 0 Å². The number of nitrogens with one attached hydrogen (secondary N) is 1. The molecule has 0 unspecified atom stereocenters. The number of rotatable bonds is 4. The molecule has 0 aromatic heterocycles. The quantitative estimate of drug-likeness (QED) is 0.870. The van der Waals surface area contributed by atoms with E-state index in [1.165, 1.54) is 12.1 Å². The Bertz CT molecular complexity index is 482. The summed E-state index contributed by atoms with van der Waals surface area (Å²) in [4.78, 5) is 0. The molecular weight excluding hydrogens is 237 g/mol. The van der Waals surface area contributed by atoms with E-state index in [4.69, 9.17) is 11.6 Å². The molecule has 2 rings (SSSR count). The van der Waals surface area contributed by atoms with E-state index in [9.17, 15) is 4.39 Å². The first-order valence-corrected chi connectivity index (χ1v) is 5.81. The van der Waals surface area contributed by atoms with Crippen LogP contribution in [-0.2, 0) is 13.1 Å². The van der Waals surface area contributed by atoms with Crippen molar-refractivity contribution in [1.29, 1.82) is 0 Å². The monoisotopic (exact) mass is 249 g/mol. The second-order valence-corrected chi connectivity index (χ2v) is 4.30. The minimum absolute atomic E-state index is 0.198. The second kappa shape index (κ2) is 5.80. The van der Waals surface area contributed by atoms with Gasteiger partial charge in [-0.25, -0.2) is 4.39 Å². The smallest absolute Gasteiger partial charge is 0.123 e. The van der Waals surface area contributed by atoms with Gasteiger partial charge in [-0.3, -0.25) is 0 Å². The first kappa shape index (κ1) is 12.1. The van der Waals surface area contributed by atoms with E-state index in [2.05, 4.69) is 5.32 Å². The van der Waals surface area contributed by atoms with Gasteiger partial charge in [-0.1, -0.05) is 35.9 Å². The fourth-order valence-electron chi connectivity index (χ4n) is 1.60. The minimum Gasteiger partial charge on any atom is -0.309 e. The number of hydrogen-bond acceptors (Lipinski definition) is 1. The SMILES string of the molecule is Fc1cccc(CNCc2ccc(Cl)cc2)c1. The molecule has 0 heterocycles. The lowest BCUT2D eigenvalue weighted by atomic mass is 10.2. The van der Waals surface area contributed by atoms with Crippen molar-refractivity contribution in [1.82, 2.24) is 5.32 Å². The molecule has 2 aromatic rings. The number of halogens is 2. The summed E-state index contributed by atoms with van der Waals surface area (Å²) in [6.45, 7) is 1.40. The standard InChI is InChI=1S/C14H13ClFN/c15-13-6-4-11(5-7-13)9-17-10-12-2-1-3-14(16)8-12/h1-8,17H,9-10H2. The summed E-state index contributed by atoms with van der Waals surface area (Å²) in [5, 5.41) is 3.99. The van der Waals surface area contributed by atoms with Crippen LogP contribution in [0.4, 0.5) is 4.39 Å². The van der Waals surface area contributed by atoms with Gasteiger partial charge in [-0.15, -0.1) is 0 Å². The van der Waals surface area contributed by atoms with Gasteiger partial charge < -0.3 is 5.32 Å². The predicted molar refractivity (Wildman–Crippen MR) is 68.4 cm³/mol. The fourth-order valence-corrected chi connectivity index (χ4v) is 1.73. The van der Waals surface area contributed by atoms with E-state index in [0.29, 0.717) is 6.54 Å². The van der Waals surface area contributed by atoms with E-state index in [1.54, 1.807) is 6.07 Å². The molecule has 1 N–H and O–H groups in total. The minimum atomic E-state index is -0.198. The van der Waals surface area contributed by atoms with Crippen molar-refractivity contribution in [2.75, 3.05) is 0 Å². The van der Waals surface area contributed by atoms with E-state index >= 15 is 0 Å². The van der Waals surface area contributed by atoms with Crippen LogP contribution in [0.1, 0.15) is 11.1 Å². The summed E-state index contributed by atoms with van der Waals surface area (Å²) in [6.07, 6.45) is 0. The summed E-state index contributed by atoms with van der Waals surface area (Å²) in [5.41, 5.74) is 2.10. The summed E-state index contributed by atoms with van der Waals surface area (Å²) in [5.74, 6) is -0.198. The first-order valence-electron chi connectivity index (χ1n) is 5.43. The highest BCUT2D eigenvalue weighted by molar-refractivity contribution is 6.30. The highest BCUT2D eigenvalue weighted by atomic mass is 35.5. The summed E-state index contributed by atoms with van der Waals surface area (Å²) >= 11 is 5.80. The molecule has 2 aromatic carbocycles. The Morgan fingerprint density at radius 2 is 1.65 bits per heavy atom. The maximum Gasteiger partial charge on any atom is 0.123 e. The molecular formula is C14H13ClFN. The molecule has 0 amide bonds. The van der Waals surface area contributed by atoms with E-state index < -0.39 is 0 Å². The number of benzene rings is 2. The van der Waals surface area contributed by atoms with Crippen molar-refractivity contribution in [2.24, 2.45) is 0 Å². The van der Waals surface area contributed by atoms with Crippen molar-refractivity contribution in [3.05, 3.63) is 70.5 Å². The maximum absolute atomic E-state index is 12.9. The van der Waals surface area contributed by atoms with Crippen molar-refractivity contribution >= 4 is 11.6 Å². The third-order valence-corrected chi connectivity index (χ3v) is 2.71. The average molecular weight is 250 g/mol. The molecule has 0 bridgehead atoms. The van der Waals surface area contributed by atoms with Crippen molar-refractivity contribution < 1.29 is 4.39 Å². The molecule has 0 saturated carbocycles. The van der Waals surface area contributed by atoms with Gasteiger partial charge in [0.15, 0.2) is 0 Å².